The van der Waals surface area contributed by atoms with Crippen LogP contribution < -0.4 is 20.7 Å². The van der Waals surface area contributed by atoms with Gasteiger partial charge in [0.15, 0.2) is 17.4 Å². The van der Waals surface area contributed by atoms with E-state index in [0.717, 1.165) is 48.2 Å². The Bertz CT molecular complexity index is 1270. The number of fused-ring (bicyclic) bond motifs is 2. The number of ether oxygens (including phenoxy) is 1. The lowest BCUT2D eigenvalue weighted by molar-refractivity contribution is 0.214. The smallest absolute Gasteiger partial charge is 0.175 e. The SMILES string of the molecule is Nc1nc(N2CCC3(CC2)Cc2ccccc2C3)cnc1Sc1ccnc2c1OCC1(CCCC1)N2. The second kappa shape index (κ2) is 8.54. The minimum Gasteiger partial charge on any atom is -0.486 e. The number of hydrogen-bond donors (Lipinski definition) is 2. The van der Waals surface area contributed by atoms with Crippen LogP contribution in [0.15, 0.2) is 52.6 Å². The van der Waals surface area contributed by atoms with Crippen molar-refractivity contribution in [3.63, 3.8) is 0 Å². The van der Waals surface area contributed by atoms with E-state index < -0.39 is 0 Å². The largest absolute Gasteiger partial charge is 0.486 e. The second-order valence-electron chi connectivity index (χ2n) is 11.0. The van der Waals surface area contributed by atoms with E-state index >= 15 is 0 Å². The molecule has 1 aromatic carbocycles. The van der Waals surface area contributed by atoms with Crippen LogP contribution in [0.2, 0.25) is 0 Å². The zero-order chi connectivity index (χ0) is 24.2. The number of pyridine rings is 1. The minimum atomic E-state index is 0.0398. The third-order valence-electron chi connectivity index (χ3n) is 8.66. The van der Waals surface area contributed by atoms with E-state index in [1.807, 2.05) is 18.5 Å². The first-order valence-corrected chi connectivity index (χ1v) is 13.9. The van der Waals surface area contributed by atoms with E-state index in [9.17, 15) is 0 Å². The molecule has 2 fully saturated rings. The molecule has 3 aromatic rings. The van der Waals surface area contributed by atoms with Gasteiger partial charge >= 0.3 is 0 Å². The van der Waals surface area contributed by atoms with Gasteiger partial charge in [-0.15, -0.1) is 0 Å². The van der Waals surface area contributed by atoms with Gasteiger partial charge in [-0.2, -0.15) is 0 Å². The number of aromatic nitrogens is 3. The molecule has 1 saturated heterocycles. The summed E-state index contributed by atoms with van der Waals surface area (Å²) in [6.45, 7) is 2.67. The molecule has 0 amide bonds. The molecular weight excluding hydrogens is 468 g/mol. The van der Waals surface area contributed by atoms with Crippen molar-refractivity contribution in [2.45, 2.75) is 66.8 Å². The van der Waals surface area contributed by atoms with Gasteiger partial charge in [0.25, 0.3) is 0 Å². The highest BCUT2D eigenvalue weighted by Gasteiger charge is 2.41. The van der Waals surface area contributed by atoms with E-state index in [2.05, 4.69) is 39.5 Å². The summed E-state index contributed by atoms with van der Waals surface area (Å²) in [6, 6.07) is 10.9. The number of benzene rings is 1. The van der Waals surface area contributed by atoms with E-state index in [1.54, 1.807) is 0 Å². The molecule has 4 heterocycles. The molecular formula is C28H32N6OS. The molecule has 7 rings (SSSR count). The molecule has 0 radical (unpaired) electrons. The summed E-state index contributed by atoms with van der Waals surface area (Å²) in [7, 11) is 0. The van der Waals surface area contributed by atoms with Crippen molar-refractivity contribution >= 4 is 29.2 Å². The molecule has 2 aliphatic carbocycles. The highest BCUT2D eigenvalue weighted by molar-refractivity contribution is 7.99. The van der Waals surface area contributed by atoms with Gasteiger partial charge in [0, 0.05) is 19.3 Å². The van der Waals surface area contributed by atoms with Crippen LogP contribution in [0.5, 0.6) is 5.75 Å². The van der Waals surface area contributed by atoms with Crippen LogP contribution in [0.4, 0.5) is 17.5 Å². The molecule has 7 nitrogen and oxygen atoms in total. The third-order valence-corrected chi connectivity index (χ3v) is 9.71. The third kappa shape index (κ3) is 3.86. The quantitative estimate of drug-likeness (QED) is 0.513. The molecule has 1 saturated carbocycles. The summed E-state index contributed by atoms with van der Waals surface area (Å²) in [5, 5.41) is 4.37. The standard InChI is InChI=1S/C28H32N6OS/c29-24-26(36-21-7-12-30-25-23(21)35-18-28(33-25)8-3-4-9-28)31-17-22(32-24)34-13-10-27(11-14-34)15-19-5-1-2-6-20(19)16-27/h1-2,5-7,12,17H,3-4,8-11,13-16,18H2,(H2,29,32)(H,30,33). The number of hydrogen-bond acceptors (Lipinski definition) is 8. The fourth-order valence-corrected chi connectivity index (χ4v) is 7.45. The Morgan fingerprint density at radius 3 is 2.44 bits per heavy atom. The Hall–Kier alpha value is -3.00. The van der Waals surface area contributed by atoms with Crippen molar-refractivity contribution < 1.29 is 4.74 Å². The lowest BCUT2D eigenvalue weighted by Crippen LogP contribution is -2.44. The highest BCUT2D eigenvalue weighted by Crippen LogP contribution is 2.47. The number of nitrogens with zero attached hydrogens (tertiary/aromatic N) is 4. The molecule has 0 unspecified atom stereocenters. The lowest BCUT2D eigenvalue weighted by atomic mass is 9.76. The predicted octanol–water partition coefficient (Wildman–Crippen LogP) is 5.11. The van der Waals surface area contributed by atoms with Crippen molar-refractivity contribution in [1.29, 1.82) is 0 Å². The second-order valence-corrected chi connectivity index (χ2v) is 12.0. The molecule has 4 aliphatic rings. The van der Waals surface area contributed by atoms with E-state index in [4.69, 9.17) is 20.4 Å². The molecule has 2 spiro atoms. The average molecular weight is 501 g/mol. The Labute approximate surface area is 216 Å². The maximum atomic E-state index is 6.43. The Morgan fingerprint density at radius 2 is 1.72 bits per heavy atom. The lowest BCUT2D eigenvalue weighted by Gasteiger charge is -2.40. The molecule has 3 N–H and O–H groups in total. The normalized spacial score (nSPS) is 21.2. The van der Waals surface area contributed by atoms with Gasteiger partial charge in [0.2, 0.25) is 0 Å². The monoisotopic (exact) mass is 500 g/mol. The first-order valence-electron chi connectivity index (χ1n) is 13.1. The van der Waals surface area contributed by atoms with Gasteiger partial charge in [-0.25, -0.2) is 15.0 Å². The zero-order valence-corrected chi connectivity index (χ0v) is 21.3. The maximum absolute atomic E-state index is 6.43. The maximum Gasteiger partial charge on any atom is 0.175 e. The molecule has 2 aliphatic heterocycles. The summed E-state index contributed by atoms with van der Waals surface area (Å²) >= 11 is 1.50. The Kier molecular flexibility index (Phi) is 5.27. The highest BCUT2D eigenvalue weighted by atomic mass is 32.2. The number of nitrogens with one attached hydrogen (secondary N) is 1. The van der Waals surface area contributed by atoms with Crippen LogP contribution in [-0.4, -0.2) is 40.2 Å². The van der Waals surface area contributed by atoms with E-state index in [-0.39, 0.29) is 5.54 Å². The van der Waals surface area contributed by atoms with Gasteiger partial charge in [-0.1, -0.05) is 48.9 Å². The molecule has 186 valence electrons. The molecule has 36 heavy (non-hydrogen) atoms. The first kappa shape index (κ1) is 22.2. The van der Waals surface area contributed by atoms with Gasteiger partial charge < -0.3 is 20.7 Å². The van der Waals surface area contributed by atoms with Crippen LogP contribution in [0, 0.1) is 5.41 Å². The van der Waals surface area contributed by atoms with Crippen molar-refractivity contribution in [1.82, 2.24) is 15.0 Å². The number of piperidine rings is 1. The van der Waals surface area contributed by atoms with Gasteiger partial charge in [0.1, 0.15) is 17.5 Å². The first-order chi connectivity index (χ1) is 17.6. The van der Waals surface area contributed by atoms with Gasteiger partial charge in [0.05, 0.1) is 16.6 Å². The minimum absolute atomic E-state index is 0.0398. The number of anilines is 3. The predicted molar refractivity (Wildman–Crippen MR) is 143 cm³/mol. The van der Waals surface area contributed by atoms with Crippen molar-refractivity contribution in [3.8, 4) is 5.75 Å². The van der Waals surface area contributed by atoms with Crippen molar-refractivity contribution in [2.24, 2.45) is 5.41 Å². The van der Waals surface area contributed by atoms with Crippen molar-refractivity contribution in [2.75, 3.05) is 35.6 Å². The average Bonchev–Trinajstić information content (AvgIpc) is 3.49. The van der Waals surface area contributed by atoms with Crippen molar-refractivity contribution in [3.05, 3.63) is 53.9 Å². The van der Waals surface area contributed by atoms with E-state index in [0.29, 0.717) is 22.9 Å². The Morgan fingerprint density at radius 1 is 0.972 bits per heavy atom. The summed E-state index contributed by atoms with van der Waals surface area (Å²) in [5.41, 5.74) is 9.94. The number of nitrogen functional groups attached to an aromatic ring is 1. The number of nitrogens with two attached hydrogens (primary N) is 1. The van der Waals surface area contributed by atoms with Crippen LogP contribution >= 0.6 is 11.8 Å². The summed E-state index contributed by atoms with van der Waals surface area (Å²) in [5.74, 6) is 2.96. The zero-order valence-electron chi connectivity index (χ0n) is 20.5. The van der Waals surface area contributed by atoms with Crippen LogP contribution in [0.3, 0.4) is 0 Å². The fraction of sp³-hybridized carbons (Fsp3) is 0.464. The topological polar surface area (TPSA) is 89.2 Å². The summed E-state index contributed by atoms with van der Waals surface area (Å²) in [4.78, 5) is 17.4. The number of rotatable bonds is 3. The van der Waals surface area contributed by atoms with E-state index in [1.165, 1.54) is 61.4 Å². The van der Waals surface area contributed by atoms with Crippen LogP contribution in [-0.2, 0) is 12.8 Å². The fourth-order valence-electron chi connectivity index (χ4n) is 6.61. The summed E-state index contributed by atoms with van der Waals surface area (Å²) < 4.78 is 6.25. The Balaban J connectivity index is 1.04. The molecule has 0 bridgehead atoms. The summed E-state index contributed by atoms with van der Waals surface area (Å²) in [6.07, 6.45) is 13.2. The van der Waals surface area contributed by atoms with Gasteiger partial charge in [-0.05, 0) is 61.1 Å². The van der Waals surface area contributed by atoms with Crippen LogP contribution in [0.1, 0.15) is 49.7 Å². The molecule has 0 atom stereocenters. The van der Waals surface area contributed by atoms with Gasteiger partial charge in [-0.3, -0.25) is 0 Å². The van der Waals surface area contributed by atoms with Crippen LogP contribution in [0.25, 0.3) is 0 Å². The molecule has 8 heteroatoms. The molecule has 2 aromatic heterocycles.